The van der Waals surface area contributed by atoms with Crippen molar-refractivity contribution in [3.63, 3.8) is 0 Å². The molecule has 1 N–H and O–H groups in total. The summed E-state index contributed by atoms with van der Waals surface area (Å²) < 4.78 is 13.2. The normalized spacial score (nSPS) is 20.3. The largest absolute Gasteiger partial charge is 0.312 e. The first-order valence-electron chi connectivity index (χ1n) is 10.9. The van der Waals surface area contributed by atoms with Gasteiger partial charge >= 0.3 is 0 Å². The van der Waals surface area contributed by atoms with E-state index < -0.39 is 5.92 Å². The Balaban J connectivity index is 1.21. The van der Waals surface area contributed by atoms with Crippen LogP contribution in [0.3, 0.4) is 0 Å². The number of aromatic nitrogens is 2. The molecule has 3 aromatic rings. The Morgan fingerprint density at radius 2 is 1.56 bits per heavy atom. The Morgan fingerprint density at radius 1 is 0.941 bits per heavy atom. The number of nitrogens with zero attached hydrogens (tertiary/aromatic N) is 4. The first kappa shape index (κ1) is 22.1. The molecule has 1 aromatic heterocycles. The molecule has 0 radical (unpaired) electrons. The third-order valence-electron chi connectivity index (χ3n) is 6.12. The number of hydrogen-bond acceptors (Lipinski definition) is 6. The van der Waals surface area contributed by atoms with Gasteiger partial charge in [-0.2, -0.15) is 0 Å². The molecule has 5 rings (SSSR count). The van der Waals surface area contributed by atoms with E-state index in [-0.39, 0.29) is 42.4 Å². The molecule has 2 atom stereocenters. The highest BCUT2D eigenvalue weighted by Gasteiger charge is 2.37. The molecule has 174 valence electrons. The standard InChI is InChI=1S/C24H22FN5O3S/c1-14-2-6-18(7-3-14)30-13-16(11-21(30)32)23-27-28-24(34-23)26-22(33)15-10-20(31)29(12-15)19-8-4-17(25)5-9-19/h2-9,15-16H,10-13H2,1H3,(H,26,28,33). The number of amides is 3. The van der Waals surface area contributed by atoms with E-state index in [4.69, 9.17) is 0 Å². The number of anilines is 3. The highest BCUT2D eigenvalue weighted by Crippen LogP contribution is 2.35. The van der Waals surface area contributed by atoms with Crippen LogP contribution in [0.25, 0.3) is 0 Å². The van der Waals surface area contributed by atoms with Crippen LogP contribution in [0, 0.1) is 18.7 Å². The lowest BCUT2D eigenvalue weighted by Gasteiger charge is -2.16. The van der Waals surface area contributed by atoms with Gasteiger partial charge in [-0.05, 0) is 43.3 Å². The molecular weight excluding hydrogens is 457 g/mol. The first-order valence-corrected chi connectivity index (χ1v) is 11.8. The number of hydrogen-bond donors (Lipinski definition) is 1. The average molecular weight is 480 g/mol. The molecule has 10 heteroatoms. The number of rotatable bonds is 5. The lowest BCUT2D eigenvalue weighted by Crippen LogP contribution is -2.28. The van der Waals surface area contributed by atoms with Gasteiger partial charge in [0, 0.05) is 43.2 Å². The molecule has 0 saturated carbocycles. The van der Waals surface area contributed by atoms with Crippen LogP contribution < -0.4 is 15.1 Å². The second kappa shape index (κ2) is 8.94. The minimum absolute atomic E-state index is 0.0278. The quantitative estimate of drug-likeness (QED) is 0.604. The zero-order valence-electron chi connectivity index (χ0n) is 18.4. The fraction of sp³-hybridized carbons (Fsp3) is 0.292. The van der Waals surface area contributed by atoms with Gasteiger partial charge in [0.05, 0.1) is 5.92 Å². The fourth-order valence-corrected chi connectivity index (χ4v) is 5.10. The van der Waals surface area contributed by atoms with Crippen molar-refractivity contribution in [1.82, 2.24) is 10.2 Å². The highest BCUT2D eigenvalue weighted by atomic mass is 32.1. The number of carbonyl (C=O) groups excluding carboxylic acids is 3. The van der Waals surface area contributed by atoms with Crippen LogP contribution in [0.2, 0.25) is 0 Å². The van der Waals surface area contributed by atoms with E-state index in [1.54, 1.807) is 4.90 Å². The Hall–Kier alpha value is -3.66. The van der Waals surface area contributed by atoms with Crippen molar-refractivity contribution in [2.45, 2.75) is 25.7 Å². The summed E-state index contributed by atoms with van der Waals surface area (Å²) in [6, 6.07) is 13.4. The predicted molar refractivity (Wildman–Crippen MR) is 126 cm³/mol. The lowest BCUT2D eigenvalue weighted by atomic mass is 10.1. The molecule has 2 saturated heterocycles. The van der Waals surface area contributed by atoms with E-state index in [0.29, 0.717) is 28.8 Å². The number of benzene rings is 2. The van der Waals surface area contributed by atoms with Crippen molar-refractivity contribution >= 4 is 45.6 Å². The maximum atomic E-state index is 13.2. The molecule has 0 bridgehead atoms. The summed E-state index contributed by atoms with van der Waals surface area (Å²) in [6.45, 7) is 2.72. The van der Waals surface area contributed by atoms with Gasteiger partial charge in [-0.15, -0.1) is 10.2 Å². The SMILES string of the molecule is Cc1ccc(N2CC(c3nnc(NC(=O)C4CC(=O)N(c5ccc(F)cc5)C4)s3)CC2=O)cc1. The average Bonchev–Trinajstić information content (AvgIpc) is 3.54. The number of carbonyl (C=O) groups is 3. The molecular formula is C24H22FN5O3S. The Morgan fingerprint density at radius 3 is 2.26 bits per heavy atom. The Labute approximate surface area is 199 Å². The molecule has 2 fully saturated rings. The van der Waals surface area contributed by atoms with Crippen molar-refractivity contribution in [3.05, 3.63) is 64.9 Å². The summed E-state index contributed by atoms with van der Waals surface area (Å²) in [4.78, 5) is 40.9. The van der Waals surface area contributed by atoms with Gasteiger partial charge in [-0.1, -0.05) is 29.0 Å². The van der Waals surface area contributed by atoms with Crippen LogP contribution in [-0.2, 0) is 14.4 Å². The number of nitrogens with one attached hydrogen (secondary N) is 1. The number of halogens is 1. The molecule has 0 spiro atoms. The predicted octanol–water partition coefficient (Wildman–Crippen LogP) is 3.50. The summed E-state index contributed by atoms with van der Waals surface area (Å²) in [6.07, 6.45) is 0.401. The third kappa shape index (κ3) is 4.41. The molecule has 34 heavy (non-hydrogen) atoms. The molecule has 2 aliphatic heterocycles. The summed E-state index contributed by atoms with van der Waals surface area (Å²) in [5.74, 6) is -1.51. The Kier molecular flexibility index (Phi) is 5.82. The molecule has 0 aliphatic carbocycles. The Bertz CT molecular complexity index is 1240. The van der Waals surface area contributed by atoms with E-state index in [2.05, 4.69) is 15.5 Å². The van der Waals surface area contributed by atoms with Crippen LogP contribution in [-0.4, -0.2) is 41.0 Å². The smallest absolute Gasteiger partial charge is 0.231 e. The van der Waals surface area contributed by atoms with Gasteiger partial charge in [-0.25, -0.2) is 4.39 Å². The number of aryl methyl sites for hydroxylation is 1. The van der Waals surface area contributed by atoms with Gasteiger partial charge < -0.3 is 15.1 Å². The minimum atomic E-state index is -0.546. The van der Waals surface area contributed by atoms with Gasteiger partial charge in [0.15, 0.2) is 0 Å². The topological polar surface area (TPSA) is 95.5 Å². The summed E-state index contributed by atoms with van der Waals surface area (Å²) in [5.41, 5.74) is 2.54. The van der Waals surface area contributed by atoms with Crippen molar-refractivity contribution in [3.8, 4) is 0 Å². The van der Waals surface area contributed by atoms with Crippen molar-refractivity contribution < 1.29 is 18.8 Å². The van der Waals surface area contributed by atoms with Crippen LogP contribution in [0.4, 0.5) is 20.9 Å². The highest BCUT2D eigenvalue weighted by molar-refractivity contribution is 7.15. The minimum Gasteiger partial charge on any atom is -0.312 e. The zero-order chi connectivity index (χ0) is 23.8. The molecule has 2 aromatic carbocycles. The summed E-state index contributed by atoms with van der Waals surface area (Å²) >= 11 is 1.25. The second-order valence-corrected chi connectivity index (χ2v) is 9.57. The van der Waals surface area contributed by atoms with Gasteiger partial charge in [0.25, 0.3) is 0 Å². The fourth-order valence-electron chi connectivity index (χ4n) is 4.26. The van der Waals surface area contributed by atoms with Gasteiger partial charge in [0.2, 0.25) is 22.9 Å². The molecule has 8 nitrogen and oxygen atoms in total. The van der Waals surface area contributed by atoms with Crippen molar-refractivity contribution in [2.24, 2.45) is 5.92 Å². The third-order valence-corrected chi connectivity index (χ3v) is 7.13. The van der Waals surface area contributed by atoms with Gasteiger partial charge in [0.1, 0.15) is 10.8 Å². The van der Waals surface area contributed by atoms with E-state index in [9.17, 15) is 18.8 Å². The zero-order valence-corrected chi connectivity index (χ0v) is 19.2. The lowest BCUT2D eigenvalue weighted by molar-refractivity contribution is -0.122. The van der Waals surface area contributed by atoms with Crippen LogP contribution in [0.15, 0.2) is 48.5 Å². The summed E-state index contributed by atoms with van der Waals surface area (Å²) in [7, 11) is 0. The second-order valence-electron chi connectivity index (χ2n) is 8.56. The monoisotopic (exact) mass is 479 g/mol. The van der Waals surface area contributed by atoms with Gasteiger partial charge in [-0.3, -0.25) is 14.4 Å². The van der Waals surface area contributed by atoms with Crippen LogP contribution in [0.5, 0.6) is 0 Å². The van der Waals surface area contributed by atoms with E-state index >= 15 is 0 Å². The molecule has 2 unspecified atom stereocenters. The molecule has 3 heterocycles. The van der Waals surface area contributed by atoms with E-state index in [1.165, 1.54) is 40.5 Å². The summed E-state index contributed by atoms with van der Waals surface area (Å²) in [5, 5.41) is 12.1. The maximum Gasteiger partial charge on any atom is 0.231 e. The van der Waals surface area contributed by atoms with Crippen LogP contribution >= 0.6 is 11.3 Å². The maximum absolute atomic E-state index is 13.2. The van der Waals surface area contributed by atoms with Crippen LogP contribution in [0.1, 0.15) is 29.3 Å². The molecule has 2 aliphatic rings. The van der Waals surface area contributed by atoms with Crippen molar-refractivity contribution in [1.29, 1.82) is 0 Å². The van der Waals surface area contributed by atoms with E-state index in [0.717, 1.165) is 11.3 Å². The first-order chi connectivity index (χ1) is 16.4. The molecule has 3 amide bonds. The van der Waals surface area contributed by atoms with Crippen molar-refractivity contribution in [2.75, 3.05) is 28.2 Å². The van der Waals surface area contributed by atoms with E-state index in [1.807, 2.05) is 31.2 Å².